The van der Waals surface area contributed by atoms with Crippen LogP contribution in [-0.4, -0.2) is 49.1 Å². The molecule has 0 bridgehead atoms. The number of nitrogens with zero attached hydrogens (tertiary/aromatic N) is 1. The zero-order chi connectivity index (χ0) is 20.2. The first-order valence-electron chi connectivity index (χ1n) is 9.91. The molecule has 4 rings (SSSR count). The molecular weight excluding hydrogens is 374 g/mol. The van der Waals surface area contributed by atoms with Crippen molar-refractivity contribution >= 4 is 11.8 Å². The van der Waals surface area contributed by atoms with Crippen LogP contribution in [0.5, 0.6) is 5.75 Å². The Morgan fingerprint density at radius 1 is 1.21 bits per heavy atom. The number of ether oxygens (including phenoxy) is 3. The average Bonchev–Trinajstić information content (AvgIpc) is 3.32. The second-order valence-corrected chi connectivity index (χ2v) is 7.39. The molecule has 1 aromatic carbocycles. The quantitative estimate of drug-likeness (QED) is 0.663. The van der Waals surface area contributed by atoms with Crippen molar-refractivity contribution in [1.82, 2.24) is 4.90 Å². The number of rotatable bonds is 7. The number of Topliss-reactive ketones (excluding diaryl/α,β-unsaturated/α-hetero) is 1. The molecule has 1 fully saturated rings. The van der Waals surface area contributed by atoms with E-state index in [1.165, 1.54) is 6.92 Å². The zero-order valence-corrected chi connectivity index (χ0v) is 16.5. The van der Waals surface area contributed by atoms with Crippen molar-refractivity contribution < 1.29 is 28.2 Å². The Bertz CT molecular complexity index is 889. The highest BCUT2D eigenvalue weighted by Crippen LogP contribution is 2.30. The van der Waals surface area contributed by atoms with Crippen molar-refractivity contribution in [2.75, 3.05) is 26.3 Å². The maximum absolute atomic E-state index is 11.9. The summed E-state index contributed by atoms with van der Waals surface area (Å²) in [6, 6.07) is 9.40. The monoisotopic (exact) mass is 399 g/mol. The van der Waals surface area contributed by atoms with Crippen molar-refractivity contribution in [3.8, 4) is 5.75 Å². The normalized spacial score (nSPS) is 19.2. The number of carbonyl (C=O) groups is 2. The second kappa shape index (κ2) is 8.80. The molecule has 2 aliphatic rings. The lowest BCUT2D eigenvalue weighted by molar-refractivity contribution is -0.142. The summed E-state index contributed by atoms with van der Waals surface area (Å²) in [6.07, 6.45) is 1.26. The minimum Gasteiger partial charge on any atom is -0.491 e. The summed E-state index contributed by atoms with van der Waals surface area (Å²) in [5, 5.41) is 0. The molecule has 0 radical (unpaired) electrons. The van der Waals surface area contributed by atoms with E-state index in [-0.39, 0.29) is 24.5 Å². The van der Waals surface area contributed by atoms with Crippen molar-refractivity contribution in [3.63, 3.8) is 0 Å². The molecule has 2 heterocycles. The molecule has 7 nitrogen and oxygen atoms in total. The molecule has 0 amide bonds. The third-order valence-electron chi connectivity index (χ3n) is 5.20. The van der Waals surface area contributed by atoms with Gasteiger partial charge >= 0.3 is 5.97 Å². The number of hydrogen-bond donors (Lipinski definition) is 0. The smallest absolute Gasteiger partial charge is 0.303 e. The van der Waals surface area contributed by atoms with Gasteiger partial charge < -0.3 is 18.6 Å². The number of carbonyl (C=O) groups excluding carboxylic acids is 2. The lowest BCUT2D eigenvalue weighted by atomic mass is 10.1. The van der Waals surface area contributed by atoms with Crippen molar-refractivity contribution in [1.29, 1.82) is 0 Å². The summed E-state index contributed by atoms with van der Waals surface area (Å²) in [4.78, 5) is 25.1. The number of benzene rings is 1. The average molecular weight is 399 g/mol. The third-order valence-corrected chi connectivity index (χ3v) is 5.20. The fraction of sp³-hybridized carbons (Fsp3) is 0.455. The van der Waals surface area contributed by atoms with E-state index in [1.54, 1.807) is 0 Å². The highest BCUT2D eigenvalue weighted by atomic mass is 16.5. The highest BCUT2D eigenvalue weighted by Gasteiger charge is 2.25. The molecule has 1 aromatic heterocycles. The van der Waals surface area contributed by atoms with Gasteiger partial charge in [0.2, 0.25) is 0 Å². The largest absolute Gasteiger partial charge is 0.491 e. The van der Waals surface area contributed by atoms with Crippen molar-refractivity contribution in [2.24, 2.45) is 0 Å². The molecule has 154 valence electrons. The van der Waals surface area contributed by atoms with Gasteiger partial charge in [-0.2, -0.15) is 0 Å². The molecular formula is C22H25NO6. The first kappa shape index (κ1) is 19.7. The summed E-state index contributed by atoms with van der Waals surface area (Å²) in [5.74, 6) is 2.11. The molecule has 1 unspecified atom stereocenters. The maximum atomic E-state index is 11.9. The molecule has 1 aliphatic heterocycles. The van der Waals surface area contributed by atoms with Gasteiger partial charge in [0.25, 0.3) is 0 Å². The summed E-state index contributed by atoms with van der Waals surface area (Å²) < 4.78 is 22.6. The maximum Gasteiger partial charge on any atom is 0.303 e. The molecule has 2 aromatic rings. The van der Waals surface area contributed by atoms with E-state index < -0.39 is 0 Å². The number of hydrogen-bond acceptors (Lipinski definition) is 7. The van der Waals surface area contributed by atoms with Crippen LogP contribution in [0.1, 0.15) is 40.8 Å². The van der Waals surface area contributed by atoms with Crippen LogP contribution < -0.4 is 4.74 Å². The zero-order valence-electron chi connectivity index (χ0n) is 16.5. The van der Waals surface area contributed by atoms with Crippen LogP contribution in [0.3, 0.4) is 0 Å². The van der Waals surface area contributed by atoms with Crippen molar-refractivity contribution in [2.45, 2.75) is 39.0 Å². The number of esters is 1. The van der Waals surface area contributed by atoms with E-state index in [0.717, 1.165) is 42.1 Å². The SMILES string of the molecule is CC(=O)OCc1ccc(CN2CCOC(COc3cccc4c3CCC4=O)C2)o1. The minimum atomic E-state index is -0.326. The van der Waals surface area contributed by atoms with Gasteiger partial charge in [0, 0.05) is 37.6 Å². The van der Waals surface area contributed by atoms with Gasteiger partial charge in [-0.15, -0.1) is 0 Å². The first-order valence-corrected chi connectivity index (χ1v) is 9.91. The lowest BCUT2D eigenvalue weighted by Gasteiger charge is -2.32. The van der Waals surface area contributed by atoms with Crippen LogP contribution >= 0.6 is 0 Å². The molecule has 0 saturated carbocycles. The van der Waals surface area contributed by atoms with Crippen LogP contribution in [0.4, 0.5) is 0 Å². The molecule has 1 aliphatic carbocycles. The van der Waals surface area contributed by atoms with Crippen molar-refractivity contribution in [3.05, 3.63) is 53.0 Å². The first-order chi connectivity index (χ1) is 14.1. The van der Waals surface area contributed by atoms with E-state index in [1.807, 2.05) is 30.3 Å². The second-order valence-electron chi connectivity index (χ2n) is 7.39. The lowest BCUT2D eigenvalue weighted by Crippen LogP contribution is -2.44. The summed E-state index contributed by atoms with van der Waals surface area (Å²) >= 11 is 0. The molecule has 29 heavy (non-hydrogen) atoms. The van der Waals surface area contributed by atoms with Gasteiger partial charge in [-0.25, -0.2) is 0 Å². The van der Waals surface area contributed by atoms with Crippen LogP contribution in [0.15, 0.2) is 34.7 Å². The Balaban J connectivity index is 1.29. The fourth-order valence-electron chi connectivity index (χ4n) is 3.78. The Hall–Kier alpha value is -2.64. The summed E-state index contributed by atoms with van der Waals surface area (Å²) in [6.45, 7) is 4.80. The predicted molar refractivity (Wildman–Crippen MR) is 104 cm³/mol. The van der Waals surface area contributed by atoms with E-state index in [0.29, 0.717) is 31.9 Å². The van der Waals surface area contributed by atoms with E-state index in [9.17, 15) is 9.59 Å². The standard InChI is InChI=1S/C22H25NO6/c1-15(24)27-13-17-6-5-16(29-17)11-23-9-10-26-18(12-23)14-28-22-4-2-3-19-20(22)7-8-21(19)25/h2-6,18H,7-14H2,1H3. The Morgan fingerprint density at radius 3 is 2.93 bits per heavy atom. The van der Waals surface area contributed by atoms with Crippen LogP contribution in [0, 0.1) is 0 Å². The van der Waals surface area contributed by atoms with Crippen LogP contribution in [0.25, 0.3) is 0 Å². The van der Waals surface area contributed by atoms with Gasteiger partial charge in [0.1, 0.15) is 36.6 Å². The van der Waals surface area contributed by atoms with Gasteiger partial charge in [-0.1, -0.05) is 12.1 Å². The van der Waals surface area contributed by atoms with E-state index in [2.05, 4.69) is 4.90 Å². The molecule has 1 atom stereocenters. The predicted octanol–water partition coefficient (Wildman–Crippen LogP) is 2.75. The van der Waals surface area contributed by atoms with Gasteiger partial charge in [0.05, 0.1) is 13.2 Å². The summed E-state index contributed by atoms with van der Waals surface area (Å²) in [5.41, 5.74) is 1.80. The molecule has 1 saturated heterocycles. The van der Waals surface area contributed by atoms with Crippen LogP contribution in [-0.2, 0) is 33.8 Å². The Kier molecular flexibility index (Phi) is 5.97. The Labute approximate surface area is 169 Å². The van der Waals surface area contributed by atoms with Gasteiger partial charge in [0.15, 0.2) is 5.78 Å². The summed E-state index contributed by atoms with van der Waals surface area (Å²) in [7, 11) is 0. The third kappa shape index (κ3) is 4.86. The van der Waals surface area contributed by atoms with Gasteiger partial charge in [-0.05, 0) is 24.6 Å². The topological polar surface area (TPSA) is 78.2 Å². The van der Waals surface area contributed by atoms with E-state index >= 15 is 0 Å². The number of fused-ring (bicyclic) bond motifs is 1. The van der Waals surface area contributed by atoms with E-state index in [4.69, 9.17) is 18.6 Å². The Morgan fingerprint density at radius 2 is 2.07 bits per heavy atom. The van der Waals surface area contributed by atoms with Gasteiger partial charge in [-0.3, -0.25) is 14.5 Å². The molecule has 7 heteroatoms. The number of ketones is 1. The minimum absolute atomic E-state index is 0.0489. The number of furan rings is 1. The highest BCUT2D eigenvalue weighted by molar-refractivity contribution is 6.01. The fourth-order valence-corrected chi connectivity index (χ4v) is 3.78. The van der Waals surface area contributed by atoms with Crippen LogP contribution in [0.2, 0.25) is 0 Å². The number of morpholine rings is 1. The molecule has 0 N–H and O–H groups in total. The molecule has 0 spiro atoms.